The molecule has 0 spiro atoms. The Hall–Kier alpha value is -1.19. The first-order valence-corrected chi connectivity index (χ1v) is 4.22. The van der Waals surface area contributed by atoms with E-state index < -0.39 is 23.0 Å². The van der Waals surface area contributed by atoms with Gasteiger partial charge in [0.15, 0.2) is 11.6 Å². The Morgan fingerprint density at radius 2 is 1.64 bits per heavy atom. The molecule has 0 aliphatic carbocycles. The molecule has 0 aromatic heterocycles. The fraction of sp³-hybridized carbons (Fsp3) is 0.400. The van der Waals surface area contributed by atoms with E-state index in [1.54, 1.807) is 20.8 Å². The van der Waals surface area contributed by atoms with E-state index in [1.807, 2.05) is 0 Å². The second-order valence-electron chi connectivity index (χ2n) is 4.12. The van der Waals surface area contributed by atoms with Crippen molar-refractivity contribution in [1.82, 2.24) is 0 Å². The van der Waals surface area contributed by atoms with E-state index in [9.17, 15) is 13.2 Å². The predicted molar refractivity (Wildman–Crippen MR) is 49.7 cm³/mol. The summed E-state index contributed by atoms with van der Waals surface area (Å²) in [4.78, 5) is 0. The molecule has 0 aliphatic rings. The molecule has 0 aliphatic heterocycles. The third-order valence-electron chi connectivity index (χ3n) is 1.50. The van der Waals surface area contributed by atoms with Gasteiger partial charge in [-0.3, -0.25) is 0 Å². The number of halogens is 3. The van der Waals surface area contributed by atoms with Crippen LogP contribution in [-0.4, -0.2) is 5.54 Å². The highest BCUT2D eigenvalue weighted by atomic mass is 19.2. The van der Waals surface area contributed by atoms with Crippen LogP contribution in [0.2, 0.25) is 0 Å². The molecule has 0 radical (unpaired) electrons. The maximum Gasteiger partial charge on any atom is 0.182 e. The molecule has 1 aromatic rings. The van der Waals surface area contributed by atoms with Gasteiger partial charge in [0.05, 0.1) is 5.69 Å². The van der Waals surface area contributed by atoms with Gasteiger partial charge in [0.2, 0.25) is 0 Å². The number of rotatable bonds is 1. The standard InChI is InChI=1S/C10H12F3N/c1-10(2,3)14-8-5-6(11)4-7(12)9(8)13/h4-5,14H,1-3H3. The van der Waals surface area contributed by atoms with Crippen LogP contribution in [0.4, 0.5) is 18.9 Å². The maximum absolute atomic E-state index is 13.1. The molecule has 1 aromatic carbocycles. The van der Waals surface area contributed by atoms with Crippen molar-refractivity contribution in [3.8, 4) is 0 Å². The molecule has 0 heterocycles. The van der Waals surface area contributed by atoms with Crippen LogP contribution in [0.1, 0.15) is 20.8 Å². The summed E-state index contributed by atoms with van der Waals surface area (Å²) in [5, 5.41) is 2.68. The molecule has 4 heteroatoms. The summed E-state index contributed by atoms with van der Waals surface area (Å²) in [6.07, 6.45) is 0. The highest BCUT2D eigenvalue weighted by Crippen LogP contribution is 2.22. The van der Waals surface area contributed by atoms with Crippen molar-refractivity contribution in [2.24, 2.45) is 0 Å². The number of hydrogen-bond acceptors (Lipinski definition) is 1. The van der Waals surface area contributed by atoms with E-state index >= 15 is 0 Å². The van der Waals surface area contributed by atoms with Crippen molar-refractivity contribution in [2.45, 2.75) is 26.3 Å². The van der Waals surface area contributed by atoms with Crippen LogP contribution in [0.3, 0.4) is 0 Å². The van der Waals surface area contributed by atoms with Gasteiger partial charge in [-0.25, -0.2) is 13.2 Å². The zero-order valence-corrected chi connectivity index (χ0v) is 8.29. The summed E-state index contributed by atoms with van der Waals surface area (Å²) in [5.41, 5.74) is -0.601. The Morgan fingerprint density at radius 3 is 2.14 bits per heavy atom. The minimum absolute atomic E-state index is 0.157. The SMILES string of the molecule is CC(C)(C)Nc1cc(F)cc(F)c1F. The van der Waals surface area contributed by atoms with Crippen molar-refractivity contribution in [2.75, 3.05) is 5.32 Å². The average molecular weight is 203 g/mol. The first-order chi connectivity index (χ1) is 6.29. The van der Waals surface area contributed by atoms with Crippen LogP contribution in [0.15, 0.2) is 12.1 Å². The zero-order valence-electron chi connectivity index (χ0n) is 8.29. The van der Waals surface area contributed by atoms with E-state index in [2.05, 4.69) is 5.32 Å². The normalized spacial score (nSPS) is 11.6. The smallest absolute Gasteiger partial charge is 0.182 e. The lowest BCUT2D eigenvalue weighted by Crippen LogP contribution is -2.27. The van der Waals surface area contributed by atoms with Gasteiger partial charge in [0, 0.05) is 17.7 Å². The monoisotopic (exact) mass is 203 g/mol. The molecule has 0 unspecified atom stereocenters. The van der Waals surface area contributed by atoms with Crippen LogP contribution in [0.5, 0.6) is 0 Å². The van der Waals surface area contributed by atoms with E-state index in [-0.39, 0.29) is 5.69 Å². The quantitative estimate of drug-likeness (QED) is 0.690. The van der Waals surface area contributed by atoms with E-state index in [0.717, 1.165) is 6.07 Å². The van der Waals surface area contributed by atoms with Crippen molar-refractivity contribution in [3.05, 3.63) is 29.6 Å². The molecular formula is C10H12F3N. The fourth-order valence-electron chi connectivity index (χ4n) is 1.05. The Bertz CT molecular complexity index is 342. The number of anilines is 1. The van der Waals surface area contributed by atoms with E-state index in [0.29, 0.717) is 6.07 Å². The summed E-state index contributed by atoms with van der Waals surface area (Å²) in [6, 6.07) is 1.45. The minimum Gasteiger partial charge on any atom is -0.378 e. The van der Waals surface area contributed by atoms with Crippen LogP contribution in [0, 0.1) is 17.5 Å². The van der Waals surface area contributed by atoms with E-state index in [1.165, 1.54) is 0 Å². The largest absolute Gasteiger partial charge is 0.378 e. The van der Waals surface area contributed by atoms with Gasteiger partial charge in [0.25, 0.3) is 0 Å². The Kier molecular flexibility index (Phi) is 2.73. The van der Waals surface area contributed by atoms with Crippen molar-refractivity contribution < 1.29 is 13.2 Å². The van der Waals surface area contributed by atoms with Gasteiger partial charge < -0.3 is 5.32 Å². The molecule has 1 rings (SSSR count). The van der Waals surface area contributed by atoms with Crippen molar-refractivity contribution in [1.29, 1.82) is 0 Å². The number of benzene rings is 1. The summed E-state index contributed by atoms with van der Waals surface area (Å²) >= 11 is 0. The van der Waals surface area contributed by atoms with Gasteiger partial charge in [-0.15, -0.1) is 0 Å². The lowest BCUT2D eigenvalue weighted by molar-refractivity contribution is 0.493. The van der Waals surface area contributed by atoms with Gasteiger partial charge in [-0.2, -0.15) is 0 Å². The predicted octanol–water partition coefficient (Wildman–Crippen LogP) is 3.31. The lowest BCUT2D eigenvalue weighted by atomic mass is 10.1. The zero-order chi connectivity index (χ0) is 10.9. The lowest BCUT2D eigenvalue weighted by Gasteiger charge is -2.22. The molecule has 0 amide bonds. The highest BCUT2D eigenvalue weighted by Gasteiger charge is 2.16. The first-order valence-electron chi connectivity index (χ1n) is 4.22. The molecule has 0 saturated heterocycles. The molecule has 0 saturated carbocycles. The summed E-state index contributed by atoms with van der Waals surface area (Å²) in [5.74, 6) is -3.03. The van der Waals surface area contributed by atoms with Crippen LogP contribution in [0.25, 0.3) is 0 Å². The molecule has 0 atom stereocenters. The van der Waals surface area contributed by atoms with Crippen LogP contribution < -0.4 is 5.32 Å². The summed E-state index contributed by atoms with van der Waals surface area (Å²) in [7, 11) is 0. The maximum atomic E-state index is 13.1. The molecule has 1 N–H and O–H groups in total. The van der Waals surface area contributed by atoms with Gasteiger partial charge in [0.1, 0.15) is 5.82 Å². The molecule has 0 fully saturated rings. The Balaban J connectivity index is 3.09. The molecular weight excluding hydrogens is 191 g/mol. The topological polar surface area (TPSA) is 12.0 Å². The van der Waals surface area contributed by atoms with Crippen molar-refractivity contribution >= 4 is 5.69 Å². The molecule has 14 heavy (non-hydrogen) atoms. The van der Waals surface area contributed by atoms with E-state index in [4.69, 9.17) is 0 Å². The third-order valence-corrected chi connectivity index (χ3v) is 1.50. The Morgan fingerprint density at radius 1 is 1.07 bits per heavy atom. The molecule has 0 bridgehead atoms. The molecule has 78 valence electrons. The van der Waals surface area contributed by atoms with Crippen LogP contribution in [-0.2, 0) is 0 Å². The first kappa shape index (κ1) is 10.9. The average Bonchev–Trinajstić information content (AvgIpc) is 1.96. The summed E-state index contributed by atoms with van der Waals surface area (Å²) in [6.45, 7) is 5.32. The van der Waals surface area contributed by atoms with Gasteiger partial charge in [-0.1, -0.05) is 0 Å². The van der Waals surface area contributed by atoms with Crippen LogP contribution >= 0.6 is 0 Å². The number of hydrogen-bond donors (Lipinski definition) is 1. The third kappa shape index (κ3) is 2.65. The number of nitrogens with one attached hydrogen (secondary N) is 1. The van der Waals surface area contributed by atoms with Crippen molar-refractivity contribution in [3.63, 3.8) is 0 Å². The van der Waals surface area contributed by atoms with Gasteiger partial charge in [-0.05, 0) is 20.8 Å². The Labute approximate surface area is 80.9 Å². The fourth-order valence-corrected chi connectivity index (χ4v) is 1.05. The second kappa shape index (κ2) is 3.52. The summed E-state index contributed by atoms with van der Waals surface area (Å²) < 4.78 is 38.6. The van der Waals surface area contributed by atoms with Gasteiger partial charge >= 0.3 is 0 Å². The highest BCUT2D eigenvalue weighted by molar-refractivity contribution is 5.47. The molecule has 1 nitrogen and oxygen atoms in total. The minimum atomic E-state index is -1.18. The second-order valence-corrected chi connectivity index (χ2v) is 4.12.